The molecule has 0 bridgehead atoms. The summed E-state index contributed by atoms with van der Waals surface area (Å²) in [5, 5.41) is 5.55. The Labute approximate surface area is 178 Å². The Morgan fingerprint density at radius 1 is 1.00 bits per heavy atom. The van der Waals surface area contributed by atoms with Crippen LogP contribution < -0.4 is 10.6 Å². The summed E-state index contributed by atoms with van der Waals surface area (Å²) in [5.74, 6) is -1.26. The van der Waals surface area contributed by atoms with Gasteiger partial charge in [0.05, 0.1) is 7.11 Å². The molecule has 0 saturated heterocycles. The highest BCUT2D eigenvalue weighted by molar-refractivity contribution is 6.36. The first kappa shape index (κ1) is 22.5. The number of amides is 2. The van der Waals surface area contributed by atoms with Gasteiger partial charge in [-0.15, -0.1) is 0 Å². The van der Waals surface area contributed by atoms with E-state index in [1.165, 1.54) is 7.11 Å². The van der Waals surface area contributed by atoms with Crippen LogP contribution in [0.15, 0.2) is 48.5 Å². The van der Waals surface area contributed by atoms with Crippen LogP contribution >= 0.6 is 23.2 Å². The van der Waals surface area contributed by atoms with Crippen molar-refractivity contribution < 1.29 is 23.9 Å². The van der Waals surface area contributed by atoms with Crippen molar-refractivity contribution in [2.75, 3.05) is 13.7 Å². The molecule has 0 unspecified atom stereocenters. The second-order valence-electron chi connectivity index (χ2n) is 5.96. The molecule has 29 heavy (non-hydrogen) atoms. The predicted molar refractivity (Wildman–Crippen MR) is 109 cm³/mol. The third-order valence-electron chi connectivity index (χ3n) is 3.90. The molecule has 0 fully saturated rings. The van der Waals surface area contributed by atoms with Crippen molar-refractivity contribution in [1.82, 2.24) is 10.6 Å². The normalized spacial score (nSPS) is 11.3. The van der Waals surface area contributed by atoms with Crippen LogP contribution in [0.4, 0.5) is 4.79 Å². The van der Waals surface area contributed by atoms with E-state index < -0.39 is 24.0 Å². The molecule has 1 atom stereocenters. The van der Waals surface area contributed by atoms with E-state index in [0.29, 0.717) is 15.6 Å². The van der Waals surface area contributed by atoms with Crippen LogP contribution in [-0.4, -0.2) is 37.7 Å². The molecule has 0 radical (unpaired) electrons. The third-order valence-corrected chi connectivity index (χ3v) is 4.61. The molecule has 7 nitrogen and oxygen atoms in total. The number of methoxy groups -OCH3 is 1. The highest BCUT2D eigenvalue weighted by atomic mass is 35.5. The molecule has 0 aliphatic carbocycles. The van der Waals surface area contributed by atoms with Gasteiger partial charge in [-0.2, -0.15) is 0 Å². The van der Waals surface area contributed by atoms with Crippen LogP contribution in [0.2, 0.25) is 10.0 Å². The lowest BCUT2D eigenvalue weighted by Gasteiger charge is -2.18. The number of rotatable bonds is 8. The first-order chi connectivity index (χ1) is 13.9. The largest absolute Gasteiger partial charge is 0.467 e. The number of benzene rings is 2. The second-order valence-corrected chi connectivity index (χ2v) is 6.78. The molecule has 2 rings (SSSR count). The first-order valence-corrected chi connectivity index (χ1v) is 9.41. The predicted octanol–water partition coefficient (Wildman–Crippen LogP) is 3.12. The van der Waals surface area contributed by atoms with Crippen molar-refractivity contribution in [1.29, 1.82) is 0 Å². The lowest BCUT2D eigenvalue weighted by atomic mass is 10.1. The summed E-state index contributed by atoms with van der Waals surface area (Å²) >= 11 is 12.2. The number of ether oxygens (including phenoxy) is 2. The van der Waals surface area contributed by atoms with Crippen molar-refractivity contribution >= 4 is 41.2 Å². The Bertz CT molecular complexity index is 841. The zero-order valence-corrected chi connectivity index (χ0v) is 17.1. The average molecular weight is 439 g/mol. The van der Waals surface area contributed by atoms with Gasteiger partial charge in [0.15, 0.2) is 0 Å². The number of alkyl carbamates (subject to hydrolysis) is 1. The molecule has 2 aromatic carbocycles. The molecular weight excluding hydrogens is 419 g/mol. The molecule has 0 saturated carbocycles. The fourth-order valence-corrected chi connectivity index (χ4v) is 2.99. The number of hydrogen-bond acceptors (Lipinski definition) is 5. The van der Waals surface area contributed by atoms with E-state index in [-0.39, 0.29) is 19.6 Å². The Balaban J connectivity index is 1.87. The number of halogens is 2. The standard InChI is InChI=1S/C20H20Cl2N2O5/c1-28-19(26)17(10-14-15(21)8-5-9-16(14)22)24-18(25)11-23-20(27)29-12-13-6-3-2-4-7-13/h2-9,17H,10-12H2,1H3,(H,23,27)(H,24,25)/t17-/m1/s1. The van der Waals surface area contributed by atoms with Gasteiger partial charge >= 0.3 is 12.1 Å². The van der Waals surface area contributed by atoms with E-state index in [1.54, 1.807) is 30.3 Å². The maximum atomic E-state index is 12.2. The number of esters is 1. The smallest absolute Gasteiger partial charge is 0.407 e. The molecule has 2 N–H and O–H groups in total. The Morgan fingerprint density at radius 2 is 1.66 bits per heavy atom. The van der Waals surface area contributed by atoms with Crippen LogP contribution in [0.3, 0.4) is 0 Å². The van der Waals surface area contributed by atoms with Crippen molar-refractivity contribution in [2.45, 2.75) is 19.1 Å². The van der Waals surface area contributed by atoms with Crippen molar-refractivity contribution in [2.24, 2.45) is 0 Å². The molecule has 0 aliphatic rings. The van der Waals surface area contributed by atoms with Crippen LogP contribution in [0.1, 0.15) is 11.1 Å². The molecule has 0 heterocycles. The van der Waals surface area contributed by atoms with E-state index in [2.05, 4.69) is 10.6 Å². The highest BCUT2D eigenvalue weighted by Crippen LogP contribution is 2.25. The Kier molecular flexibility index (Phi) is 8.76. The van der Waals surface area contributed by atoms with E-state index >= 15 is 0 Å². The van der Waals surface area contributed by atoms with Crippen LogP contribution in [0.5, 0.6) is 0 Å². The molecule has 154 valence electrons. The molecule has 0 aliphatic heterocycles. The number of nitrogens with one attached hydrogen (secondary N) is 2. The summed E-state index contributed by atoms with van der Waals surface area (Å²) in [4.78, 5) is 35.9. The first-order valence-electron chi connectivity index (χ1n) is 8.65. The summed E-state index contributed by atoms with van der Waals surface area (Å²) in [6.07, 6.45) is -0.720. The van der Waals surface area contributed by atoms with Gasteiger partial charge < -0.3 is 20.1 Å². The number of carbonyl (C=O) groups excluding carboxylic acids is 3. The lowest BCUT2D eigenvalue weighted by molar-refractivity contribution is -0.144. The topological polar surface area (TPSA) is 93.7 Å². The van der Waals surface area contributed by atoms with Gasteiger partial charge in [0, 0.05) is 16.5 Å². The van der Waals surface area contributed by atoms with Gasteiger partial charge in [0.1, 0.15) is 19.2 Å². The zero-order chi connectivity index (χ0) is 21.2. The fourth-order valence-electron chi connectivity index (χ4n) is 2.44. The van der Waals surface area contributed by atoms with Crippen LogP contribution in [0, 0.1) is 0 Å². The number of carbonyl (C=O) groups is 3. The van der Waals surface area contributed by atoms with Gasteiger partial charge in [-0.25, -0.2) is 9.59 Å². The lowest BCUT2D eigenvalue weighted by Crippen LogP contribution is -2.47. The maximum absolute atomic E-state index is 12.2. The van der Waals surface area contributed by atoms with Crippen molar-refractivity contribution in [3.05, 3.63) is 69.7 Å². The Morgan fingerprint density at radius 3 is 2.28 bits per heavy atom. The minimum atomic E-state index is -1.02. The summed E-state index contributed by atoms with van der Waals surface area (Å²) in [7, 11) is 1.20. The monoisotopic (exact) mass is 438 g/mol. The summed E-state index contributed by atoms with van der Waals surface area (Å²) in [6.45, 7) is -0.304. The SMILES string of the molecule is COC(=O)[C@@H](Cc1c(Cl)cccc1Cl)NC(=O)CNC(=O)OCc1ccccc1. The molecule has 2 aromatic rings. The van der Waals surface area contributed by atoms with Gasteiger partial charge in [-0.1, -0.05) is 59.6 Å². The van der Waals surface area contributed by atoms with Crippen LogP contribution in [-0.2, 0) is 32.1 Å². The molecular formula is C20H20Cl2N2O5. The van der Waals surface area contributed by atoms with E-state index in [0.717, 1.165) is 5.56 Å². The minimum absolute atomic E-state index is 0.0371. The summed E-state index contributed by atoms with van der Waals surface area (Å²) in [5.41, 5.74) is 1.32. The summed E-state index contributed by atoms with van der Waals surface area (Å²) < 4.78 is 9.75. The molecule has 0 aromatic heterocycles. The van der Waals surface area contributed by atoms with Gasteiger partial charge in [-0.3, -0.25) is 4.79 Å². The quantitative estimate of drug-likeness (QED) is 0.617. The Hall–Kier alpha value is -2.77. The van der Waals surface area contributed by atoms with Crippen molar-refractivity contribution in [3.8, 4) is 0 Å². The van der Waals surface area contributed by atoms with Crippen LogP contribution in [0.25, 0.3) is 0 Å². The third kappa shape index (κ3) is 7.29. The van der Waals surface area contributed by atoms with E-state index in [4.69, 9.17) is 32.7 Å². The fraction of sp³-hybridized carbons (Fsp3) is 0.250. The van der Waals surface area contributed by atoms with Gasteiger partial charge in [0.25, 0.3) is 0 Å². The van der Waals surface area contributed by atoms with Crippen molar-refractivity contribution in [3.63, 3.8) is 0 Å². The van der Waals surface area contributed by atoms with Gasteiger partial charge in [0.2, 0.25) is 5.91 Å². The molecule has 2 amide bonds. The van der Waals surface area contributed by atoms with E-state index in [9.17, 15) is 14.4 Å². The van der Waals surface area contributed by atoms with Gasteiger partial charge in [-0.05, 0) is 23.3 Å². The number of hydrogen-bond donors (Lipinski definition) is 2. The maximum Gasteiger partial charge on any atom is 0.407 e. The zero-order valence-electron chi connectivity index (χ0n) is 15.6. The minimum Gasteiger partial charge on any atom is -0.467 e. The average Bonchev–Trinajstić information content (AvgIpc) is 2.72. The van der Waals surface area contributed by atoms with E-state index in [1.807, 2.05) is 18.2 Å². The molecule has 0 spiro atoms. The molecule has 9 heteroatoms. The summed E-state index contributed by atoms with van der Waals surface area (Å²) in [6, 6.07) is 13.0. The second kappa shape index (κ2) is 11.3. The highest BCUT2D eigenvalue weighted by Gasteiger charge is 2.24.